The molecular formula is C13H9INO2. The first-order chi connectivity index (χ1) is 8.18. The molecule has 2 aromatic rings. The maximum Gasteiger partial charge on any atom is 0.462 e. The molecule has 0 unspecified atom stereocenters. The second-order valence-corrected chi connectivity index (χ2v) is 4.66. The fraction of sp³-hybridized carbons (Fsp3) is 0. The number of carbonyl (C=O) groups is 1. The van der Waals surface area contributed by atoms with Crippen molar-refractivity contribution in [2.24, 2.45) is 0 Å². The van der Waals surface area contributed by atoms with Crippen LogP contribution >= 0.6 is 22.6 Å². The normalized spacial score (nSPS) is 9.94. The molecule has 0 aliphatic rings. The highest BCUT2D eigenvalue weighted by atomic mass is 127. The van der Waals surface area contributed by atoms with E-state index in [1.165, 1.54) is 0 Å². The first kappa shape index (κ1) is 11.9. The molecule has 0 bridgehead atoms. The molecule has 17 heavy (non-hydrogen) atoms. The number of hydrogen-bond donors (Lipinski definition) is 0. The number of carbonyl (C=O) groups excluding carboxylic acids is 1. The molecule has 0 fully saturated rings. The average molecular weight is 338 g/mol. The van der Waals surface area contributed by atoms with E-state index in [4.69, 9.17) is 0 Å². The fourth-order valence-electron chi connectivity index (χ4n) is 1.53. The van der Waals surface area contributed by atoms with E-state index in [9.17, 15) is 9.90 Å². The van der Waals surface area contributed by atoms with E-state index >= 15 is 0 Å². The largest absolute Gasteiger partial charge is 0.462 e. The Bertz CT molecular complexity index is 511. The Labute approximate surface area is 113 Å². The Morgan fingerprint density at radius 2 is 1.41 bits per heavy atom. The predicted molar refractivity (Wildman–Crippen MR) is 73.8 cm³/mol. The molecular weight excluding hydrogens is 329 g/mol. The van der Waals surface area contributed by atoms with Crippen LogP contribution in [0.5, 0.6) is 0 Å². The van der Waals surface area contributed by atoms with Crippen LogP contribution in [-0.2, 0) is 5.11 Å². The lowest BCUT2D eigenvalue weighted by Crippen LogP contribution is -2.22. The summed E-state index contributed by atoms with van der Waals surface area (Å²) < 4.78 is 1.05. The van der Waals surface area contributed by atoms with Crippen LogP contribution in [0.15, 0.2) is 54.6 Å². The Kier molecular flexibility index (Phi) is 3.63. The highest BCUT2D eigenvalue weighted by Gasteiger charge is 2.17. The second kappa shape index (κ2) is 5.18. The summed E-state index contributed by atoms with van der Waals surface area (Å²) in [6, 6.07) is 16.1. The van der Waals surface area contributed by atoms with Gasteiger partial charge in [-0.1, -0.05) is 18.2 Å². The minimum atomic E-state index is -1.24. The summed E-state index contributed by atoms with van der Waals surface area (Å²) in [4.78, 5) is 12.3. The van der Waals surface area contributed by atoms with Gasteiger partial charge >= 0.3 is 6.09 Å². The summed E-state index contributed by atoms with van der Waals surface area (Å²) in [6.07, 6.45) is -1.24. The van der Waals surface area contributed by atoms with Crippen molar-refractivity contribution in [3.8, 4) is 0 Å². The van der Waals surface area contributed by atoms with Crippen LogP contribution in [0.25, 0.3) is 0 Å². The van der Waals surface area contributed by atoms with Gasteiger partial charge in [0.2, 0.25) is 0 Å². The highest BCUT2D eigenvalue weighted by molar-refractivity contribution is 14.1. The molecule has 0 saturated heterocycles. The maximum atomic E-state index is 11.2. The molecule has 0 saturated carbocycles. The van der Waals surface area contributed by atoms with E-state index in [1.54, 1.807) is 36.4 Å². The summed E-state index contributed by atoms with van der Waals surface area (Å²) in [6.45, 7) is 0. The van der Waals surface area contributed by atoms with Crippen LogP contribution in [0.4, 0.5) is 16.2 Å². The molecule has 3 nitrogen and oxygen atoms in total. The summed E-state index contributed by atoms with van der Waals surface area (Å²) in [5.74, 6) is 0. The van der Waals surface area contributed by atoms with E-state index < -0.39 is 6.09 Å². The van der Waals surface area contributed by atoms with Crippen LogP contribution in [0.3, 0.4) is 0 Å². The third-order valence-electron chi connectivity index (χ3n) is 2.28. The number of para-hydroxylation sites is 1. The van der Waals surface area contributed by atoms with Gasteiger partial charge in [0.15, 0.2) is 0 Å². The molecule has 1 radical (unpaired) electrons. The topological polar surface area (TPSA) is 40.2 Å². The van der Waals surface area contributed by atoms with Crippen molar-refractivity contribution in [2.75, 3.05) is 4.90 Å². The smallest absolute Gasteiger partial charge is 0.243 e. The Hall–Kier alpha value is -1.56. The maximum absolute atomic E-state index is 11.2. The number of benzene rings is 2. The van der Waals surface area contributed by atoms with Gasteiger partial charge in [-0.2, -0.15) is 0 Å². The van der Waals surface area contributed by atoms with Crippen molar-refractivity contribution >= 4 is 40.1 Å². The molecule has 0 aliphatic carbocycles. The highest BCUT2D eigenvalue weighted by Crippen LogP contribution is 2.25. The summed E-state index contributed by atoms with van der Waals surface area (Å²) in [5, 5.41) is 11.2. The van der Waals surface area contributed by atoms with Gasteiger partial charge in [0.1, 0.15) is 0 Å². The van der Waals surface area contributed by atoms with E-state index in [-0.39, 0.29) is 0 Å². The van der Waals surface area contributed by atoms with Crippen molar-refractivity contribution in [3.63, 3.8) is 0 Å². The van der Waals surface area contributed by atoms with Crippen LogP contribution in [0.2, 0.25) is 0 Å². The van der Waals surface area contributed by atoms with Gasteiger partial charge in [0.25, 0.3) is 0 Å². The number of nitrogens with zero attached hydrogens (tertiary/aromatic N) is 1. The van der Waals surface area contributed by atoms with E-state index in [1.807, 2.05) is 18.2 Å². The number of amides is 1. The van der Waals surface area contributed by atoms with Crippen LogP contribution < -0.4 is 4.90 Å². The zero-order valence-corrected chi connectivity index (χ0v) is 11.0. The molecule has 1 amide bonds. The van der Waals surface area contributed by atoms with Gasteiger partial charge < -0.3 is 0 Å². The standard InChI is InChI=1S/C13H9INO2/c14-10-6-8-12(9-7-10)15(13(16)17)11-4-2-1-3-5-11/h1-9H. The van der Waals surface area contributed by atoms with E-state index in [0.717, 1.165) is 8.47 Å². The lowest BCUT2D eigenvalue weighted by Gasteiger charge is -2.18. The van der Waals surface area contributed by atoms with Crippen molar-refractivity contribution in [2.45, 2.75) is 0 Å². The number of halogens is 1. The number of rotatable bonds is 2. The zero-order chi connectivity index (χ0) is 12.3. The minimum absolute atomic E-state index is 0.578. The molecule has 2 aromatic carbocycles. The molecule has 85 valence electrons. The lowest BCUT2D eigenvalue weighted by molar-refractivity contribution is 0.179. The third kappa shape index (κ3) is 2.76. The molecule has 0 aliphatic heterocycles. The number of anilines is 2. The summed E-state index contributed by atoms with van der Waals surface area (Å²) in [5.41, 5.74) is 1.16. The fourth-order valence-corrected chi connectivity index (χ4v) is 1.89. The van der Waals surface area contributed by atoms with Gasteiger partial charge in [-0.15, -0.1) is 0 Å². The SMILES string of the molecule is [O]C(=O)N(c1ccccc1)c1ccc(I)cc1. The average Bonchev–Trinajstić information content (AvgIpc) is 2.33. The summed E-state index contributed by atoms with van der Waals surface area (Å²) >= 11 is 2.17. The van der Waals surface area contributed by atoms with Gasteiger partial charge in [-0.25, -0.2) is 14.8 Å². The van der Waals surface area contributed by atoms with Crippen molar-refractivity contribution in [1.82, 2.24) is 0 Å². The summed E-state index contributed by atoms with van der Waals surface area (Å²) in [7, 11) is 0. The number of hydrogen-bond acceptors (Lipinski definition) is 1. The first-order valence-corrected chi connectivity index (χ1v) is 6.08. The van der Waals surface area contributed by atoms with Gasteiger partial charge in [0.05, 0.1) is 11.4 Å². The predicted octanol–water partition coefficient (Wildman–Crippen LogP) is 3.98. The second-order valence-electron chi connectivity index (χ2n) is 3.41. The van der Waals surface area contributed by atoms with E-state index in [2.05, 4.69) is 22.6 Å². The van der Waals surface area contributed by atoms with E-state index in [0.29, 0.717) is 11.4 Å². The first-order valence-electron chi connectivity index (χ1n) is 5.00. The molecule has 4 heteroatoms. The molecule has 0 spiro atoms. The van der Waals surface area contributed by atoms with Gasteiger partial charge in [-0.3, -0.25) is 0 Å². The Morgan fingerprint density at radius 3 is 1.94 bits per heavy atom. The lowest BCUT2D eigenvalue weighted by atomic mass is 10.2. The van der Waals surface area contributed by atoms with Gasteiger partial charge in [-0.05, 0) is 59.0 Å². The molecule has 0 atom stereocenters. The quantitative estimate of drug-likeness (QED) is 0.764. The molecule has 0 aromatic heterocycles. The van der Waals surface area contributed by atoms with Crippen LogP contribution in [-0.4, -0.2) is 6.09 Å². The Morgan fingerprint density at radius 1 is 0.882 bits per heavy atom. The van der Waals surface area contributed by atoms with Gasteiger partial charge in [0, 0.05) is 3.57 Å². The van der Waals surface area contributed by atoms with Crippen molar-refractivity contribution < 1.29 is 9.90 Å². The Balaban J connectivity index is 2.43. The zero-order valence-electron chi connectivity index (χ0n) is 8.84. The molecule has 2 rings (SSSR count). The van der Waals surface area contributed by atoms with Crippen molar-refractivity contribution in [1.29, 1.82) is 0 Å². The minimum Gasteiger partial charge on any atom is -0.243 e. The molecule has 0 heterocycles. The van der Waals surface area contributed by atoms with Crippen LogP contribution in [0.1, 0.15) is 0 Å². The monoisotopic (exact) mass is 338 g/mol. The third-order valence-corrected chi connectivity index (χ3v) is 3.00. The molecule has 0 N–H and O–H groups in total. The van der Waals surface area contributed by atoms with Crippen LogP contribution in [0, 0.1) is 3.57 Å². The van der Waals surface area contributed by atoms with Crippen molar-refractivity contribution in [3.05, 3.63) is 58.2 Å².